The van der Waals surface area contributed by atoms with E-state index in [-0.39, 0.29) is 5.41 Å². The van der Waals surface area contributed by atoms with Crippen LogP contribution in [-0.4, -0.2) is 7.05 Å². The van der Waals surface area contributed by atoms with Gasteiger partial charge in [-0.1, -0.05) is 42.8 Å². The average Bonchev–Trinajstić information content (AvgIpc) is 1.99. The lowest BCUT2D eigenvalue weighted by Crippen LogP contribution is -2.29. The Balaban J connectivity index is 3.13. The SMILES string of the molecule is CNC(c1cc(C)cc(Br)c1)C(C)(C)C. The van der Waals surface area contributed by atoms with Crippen molar-refractivity contribution < 1.29 is 0 Å². The molecule has 1 aromatic carbocycles. The summed E-state index contributed by atoms with van der Waals surface area (Å²) in [6.07, 6.45) is 0. The standard InChI is InChI=1S/C13H20BrN/c1-9-6-10(8-11(14)7-9)12(15-5)13(2,3)4/h6-8,12,15H,1-5H3. The molecule has 0 aliphatic heterocycles. The van der Waals surface area contributed by atoms with Gasteiger partial charge in [-0.3, -0.25) is 0 Å². The van der Waals surface area contributed by atoms with E-state index in [1.54, 1.807) is 0 Å². The largest absolute Gasteiger partial charge is 0.313 e. The minimum absolute atomic E-state index is 0.224. The third kappa shape index (κ3) is 3.32. The van der Waals surface area contributed by atoms with Crippen molar-refractivity contribution in [3.8, 4) is 0 Å². The van der Waals surface area contributed by atoms with E-state index in [1.807, 2.05) is 7.05 Å². The summed E-state index contributed by atoms with van der Waals surface area (Å²) in [7, 11) is 2.02. The number of aryl methyl sites for hydroxylation is 1. The van der Waals surface area contributed by atoms with Gasteiger partial charge in [0.15, 0.2) is 0 Å². The molecule has 1 rings (SSSR count). The van der Waals surface area contributed by atoms with E-state index in [9.17, 15) is 0 Å². The van der Waals surface area contributed by atoms with Gasteiger partial charge < -0.3 is 5.32 Å². The van der Waals surface area contributed by atoms with E-state index in [0.29, 0.717) is 6.04 Å². The van der Waals surface area contributed by atoms with Gasteiger partial charge >= 0.3 is 0 Å². The maximum Gasteiger partial charge on any atom is 0.0367 e. The molecule has 0 radical (unpaired) electrons. The first-order valence-electron chi connectivity index (χ1n) is 5.29. The van der Waals surface area contributed by atoms with Crippen LogP contribution in [0.15, 0.2) is 22.7 Å². The van der Waals surface area contributed by atoms with Crippen LogP contribution < -0.4 is 5.32 Å². The first-order chi connectivity index (χ1) is 6.84. The van der Waals surface area contributed by atoms with Crippen LogP contribution in [0, 0.1) is 12.3 Å². The topological polar surface area (TPSA) is 12.0 Å². The lowest BCUT2D eigenvalue weighted by Gasteiger charge is -2.31. The third-order valence-electron chi connectivity index (χ3n) is 2.55. The van der Waals surface area contributed by atoms with Crippen LogP contribution in [0.4, 0.5) is 0 Å². The molecule has 0 saturated carbocycles. The molecular formula is C13H20BrN. The summed E-state index contributed by atoms with van der Waals surface area (Å²) in [6.45, 7) is 8.89. The zero-order valence-electron chi connectivity index (χ0n) is 10.2. The first kappa shape index (κ1) is 12.7. The van der Waals surface area contributed by atoms with Crippen LogP contribution in [0.2, 0.25) is 0 Å². The Morgan fingerprint density at radius 1 is 1.20 bits per heavy atom. The van der Waals surface area contributed by atoms with Crippen LogP contribution in [0.1, 0.15) is 37.9 Å². The second-order valence-corrected chi connectivity index (χ2v) is 6.07. The summed E-state index contributed by atoms with van der Waals surface area (Å²) >= 11 is 3.55. The second-order valence-electron chi connectivity index (χ2n) is 5.15. The minimum atomic E-state index is 0.224. The van der Waals surface area contributed by atoms with E-state index in [4.69, 9.17) is 0 Å². The summed E-state index contributed by atoms with van der Waals surface area (Å²) in [5, 5.41) is 3.39. The first-order valence-corrected chi connectivity index (χ1v) is 6.08. The Morgan fingerprint density at radius 3 is 2.20 bits per heavy atom. The van der Waals surface area contributed by atoms with Crippen molar-refractivity contribution in [1.82, 2.24) is 5.32 Å². The third-order valence-corrected chi connectivity index (χ3v) is 3.01. The number of halogens is 1. The highest BCUT2D eigenvalue weighted by molar-refractivity contribution is 9.10. The molecule has 0 bridgehead atoms. The maximum absolute atomic E-state index is 3.55. The monoisotopic (exact) mass is 269 g/mol. The van der Waals surface area contributed by atoms with Gasteiger partial charge in [0.25, 0.3) is 0 Å². The van der Waals surface area contributed by atoms with Crippen molar-refractivity contribution in [2.45, 2.75) is 33.7 Å². The molecule has 0 spiro atoms. The Kier molecular flexibility index (Phi) is 3.96. The van der Waals surface area contributed by atoms with Gasteiger partial charge in [-0.15, -0.1) is 0 Å². The van der Waals surface area contributed by atoms with Gasteiger partial charge in [-0.25, -0.2) is 0 Å². The van der Waals surface area contributed by atoms with E-state index < -0.39 is 0 Å². The molecule has 1 atom stereocenters. The zero-order valence-corrected chi connectivity index (χ0v) is 11.8. The van der Waals surface area contributed by atoms with Crippen LogP contribution in [-0.2, 0) is 0 Å². The van der Waals surface area contributed by atoms with Crippen molar-refractivity contribution in [1.29, 1.82) is 0 Å². The second kappa shape index (κ2) is 4.67. The quantitative estimate of drug-likeness (QED) is 0.854. The number of hydrogen-bond acceptors (Lipinski definition) is 1. The Hall–Kier alpha value is -0.340. The number of benzene rings is 1. The maximum atomic E-state index is 3.55. The van der Waals surface area contributed by atoms with Gasteiger partial charge in [-0.05, 0) is 42.6 Å². The molecule has 1 nitrogen and oxygen atoms in total. The lowest BCUT2D eigenvalue weighted by atomic mass is 9.82. The molecule has 0 aliphatic carbocycles. The molecule has 84 valence electrons. The highest BCUT2D eigenvalue weighted by atomic mass is 79.9. The fourth-order valence-electron chi connectivity index (χ4n) is 2.03. The highest BCUT2D eigenvalue weighted by Crippen LogP contribution is 2.33. The highest BCUT2D eigenvalue weighted by Gasteiger charge is 2.24. The fraction of sp³-hybridized carbons (Fsp3) is 0.538. The molecular weight excluding hydrogens is 250 g/mol. The van der Waals surface area contributed by atoms with E-state index in [2.05, 4.69) is 67.1 Å². The summed E-state index contributed by atoms with van der Waals surface area (Å²) in [5.41, 5.74) is 2.86. The summed E-state index contributed by atoms with van der Waals surface area (Å²) < 4.78 is 1.15. The Bertz CT molecular complexity index is 319. The fourth-order valence-corrected chi connectivity index (χ4v) is 2.66. The van der Waals surface area contributed by atoms with Gasteiger partial charge in [0, 0.05) is 10.5 Å². The molecule has 15 heavy (non-hydrogen) atoms. The molecule has 0 heterocycles. The molecule has 0 amide bonds. The van der Waals surface area contributed by atoms with Crippen LogP contribution in [0.5, 0.6) is 0 Å². The zero-order chi connectivity index (χ0) is 11.6. The van der Waals surface area contributed by atoms with Crippen molar-refractivity contribution >= 4 is 15.9 Å². The smallest absolute Gasteiger partial charge is 0.0367 e. The molecule has 1 unspecified atom stereocenters. The molecule has 0 aromatic heterocycles. The molecule has 1 N–H and O–H groups in total. The summed E-state index contributed by atoms with van der Waals surface area (Å²) in [4.78, 5) is 0. The number of hydrogen-bond donors (Lipinski definition) is 1. The van der Waals surface area contributed by atoms with Gasteiger partial charge in [0.1, 0.15) is 0 Å². The normalized spacial score (nSPS) is 14.0. The molecule has 2 heteroatoms. The summed E-state index contributed by atoms with van der Waals surface area (Å²) in [6, 6.07) is 6.96. The summed E-state index contributed by atoms with van der Waals surface area (Å²) in [5.74, 6) is 0. The van der Waals surface area contributed by atoms with Crippen molar-refractivity contribution in [2.24, 2.45) is 5.41 Å². The molecule has 0 fully saturated rings. The van der Waals surface area contributed by atoms with Crippen molar-refractivity contribution in [3.05, 3.63) is 33.8 Å². The predicted octanol–water partition coefficient (Wildman–Crippen LogP) is 4.06. The Labute approximate surface area is 101 Å². The van der Waals surface area contributed by atoms with Gasteiger partial charge in [-0.2, -0.15) is 0 Å². The Morgan fingerprint density at radius 2 is 1.80 bits per heavy atom. The van der Waals surface area contributed by atoms with Crippen molar-refractivity contribution in [3.63, 3.8) is 0 Å². The van der Waals surface area contributed by atoms with E-state index in [0.717, 1.165) is 4.47 Å². The van der Waals surface area contributed by atoms with Gasteiger partial charge in [0.05, 0.1) is 0 Å². The van der Waals surface area contributed by atoms with Gasteiger partial charge in [0.2, 0.25) is 0 Å². The molecule has 1 aromatic rings. The number of rotatable bonds is 2. The molecule has 0 saturated heterocycles. The average molecular weight is 270 g/mol. The number of nitrogens with one attached hydrogen (secondary N) is 1. The minimum Gasteiger partial charge on any atom is -0.313 e. The van der Waals surface area contributed by atoms with E-state index in [1.165, 1.54) is 11.1 Å². The molecule has 0 aliphatic rings. The predicted molar refractivity (Wildman–Crippen MR) is 70.1 cm³/mol. The van der Waals surface area contributed by atoms with Crippen LogP contribution in [0.25, 0.3) is 0 Å². The van der Waals surface area contributed by atoms with Crippen molar-refractivity contribution in [2.75, 3.05) is 7.05 Å². The van der Waals surface area contributed by atoms with Crippen LogP contribution >= 0.6 is 15.9 Å². The van der Waals surface area contributed by atoms with E-state index >= 15 is 0 Å². The lowest BCUT2D eigenvalue weighted by molar-refractivity contribution is 0.287. The van der Waals surface area contributed by atoms with Crippen LogP contribution in [0.3, 0.4) is 0 Å².